The van der Waals surface area contributed by atoms with Gasteiger partial charge in [0, 0.05) is 7.05 Å². The normalized spacial score (nSPS) is 11.4. The lowest BCUT2D eigenvalue weighted by Gasteiger charge is -2.26. The lowest BCUT2D eigenvalue weighted by Crippen LogP contribution is -2.33. The molecule has 4 rings (SSSR count). The van der Waals surface area contributed by atoms with Gasteiger partial charge in [0.25, 0.3) is 0 Å². The van der Waals surface area contributed by atoms with Crippen molar-refractivity contribution in [2.45, 2.75) is 18.3 Å². The molecule has 4 aromatic rings. The molecule has 0 fully saturated rings. The van der Waals surface area contributed by atoms with Gasteiger partial charge in [-0.15, -0.1) is 0 Å². The van der Waals surface area contributed by atoms with E-state index < -0.39 is 5.41 Å². The molecule has 0 amide bonds. The maximum atomic E-state index is 10.4. The van der Waals surface area contributed by atoms with E-state index in [4.69, 9.17) is 4.98 Å². The van der Waals surface area contributed by atoms with Crippen LogP contribution in [0.15, 0.2) is 84.9 Å². The predicted molar refractivity (Wildman–Crippen MR) is 108 cm³/mol. The number of hydrogen-bond donors (Lipinski definition) is 0. The minimum absolute atomic E-state index is 0.621. The molecule has 3 aromatic carbocycles. The van der Waals surface area contributed by atoms with Crippen molar-refractivity contribution in [1.82, 2.24) is 9.55 Å². The highest BCUT2D eigenvalue weighted by Gasteiger charge is 2.37. The van der Waals surface area contributed by atoms with E-state index in [-0.39, 0.29) is 0 Å². The molecule has 0 spiro atoms. The molecular formula is C24H21N3. The van der Waals surface area contributed by atoms with Crippen LogP contribution < -0.4 is 0 Å². The fourth-order valence-electron chi connectivity index (χ4n) is 3.81. The molecule has 1 heterocycles. The molecule has 0 saturated heterocycles. The predicted octanol–water partition coefficient (Wildman–Crippen LogP) is 4.82. The molecule has 3 heteroatoms. The Morgan fingerprint density at radius 2 is 1.33 bits per heavy atom. The van der Waals surface area contributed by atoms with Crippen molar-refractivity contribution in [1.29, 1.82) is 5.26 Å². The first-order valence-corrected chi connectivity index (χ1v) is 9.13. The number of aromatic nitrogens is 2. The lowest BCUT2D eigenvalue weighted by molar-refractivity contribution is 0.492. The average molecular weight is 351 g/mol. The zero-order valence-electron chi connectivity index (χ0n) is 15.3. The molecule has 27 heavy (non-hydrogen) atoms. The highest BCUT2D eigenvalue weighted by Crippen LogP contribution is 2.33. The highest BCUT2D eigenvalue weighted by molar-refractivity contribution is 5.76. The van der Waals surface area contributed by atoms with Crippen molar-refractivity contribution in [3.8, 4) is 6.07 Å². The number of benzene rings is 3. The van der Waals surface area contributed by atoms with Gasteiger partial charge >= 0.3 is 0 Å². The van der Waals surface area contributed by atoms with Crippen molar-refractivity contribution in [2.75, 3.05) is 0 Å². The highest BCUT2D eigenvalue weighted by atomic mass is 15.1. The Balaban J connectivity index is 1.88. The second-order valence-corrected chi connectivity index (χ2v) is 7.00. The maximum absolute atomic E-state index is 10.4. The molecule has 0 bridgehead atoms. The second kappa shape index (κ2) is 7.09. The van der Waals surface area contributed by atoms with Crippen LogP contribution in [0.3, 0.4) is 0 Å². The second-order valence-electron chi connectivity index (χ2n) is 7.00. The molecule has 0 N–H and O–H groups in total. The van der Waals surface area contributed by atoms with Gasteiger partial charge in [-0.3, -0.25) is 0 Å². The molecule has 132 valence electrons. The third-order valence-corrected chi connectivity index (χ3v) is 5.13. The number of aryl methyl sites for hydroxylation is 1. The van der Waals surface area contributed by atoms with Gasteiger partial charge in [-0.05, 0) is 36.1 Å². The zero-order chi connectivity index (χ0) is 18.7. The van der Waals surface area contributed by atoms with E-state index in [1.165, 1.54) is 0 Å². The molecule has 0 unspecified atom stereocenters. The van der Waals surface area contributed by atoms with Crippen molar-refractivity contribution < 1.29 is 0 Å². The Kier molecular flexibility index (Phi) is 4.48. The first-order valence-electron chi connectivity index (χ1n) is 9.13. The van der Waals surface area contributed by atoms with Gasteiger partial charge in [-0.2, -0.15) is 5.26 Å². The number of nitrogens with zero attached hydrogens (tertiary/aromatic N) is 3. The fraction of sp³-hybridized carbons (Fsp3) is 0.167. The summed E-state index contributed by atoms with van der Waals surface area (Å²) >= 11 is 0. The summed E-state index contributed by atoms with van der Waals surface area (Å²) in [4.78, 5) is 4.89. The van der Waals surface area contributed by atoms with Crippen LogP contribution in [0.1, 0.15) is 17.0 Å². The largest absolute Gasteiger partial charge is 0.330 e. The standard InChI is InChI=1S/C24H21N3/c1-27-22-15-9-8-14-21(22)26-23(27)24(18-25,16-19-10-4-2-5-11-19)17-20-12-6-3-7-13-20/h2-15H,16-17H2,1H3. The summed E-state index contributed by atoms with van der Waals surface area (Å²) in [5.41, 5.74) is 3.52. The van der Waals surface area contributed by atoms with Gasteiger partial charge < -0.3 is 4.57 Å². The van der Waals surface area contributed by atoms with Crippen LogP contribution in [-0.4, -0.2) is 9.55 Å². The number of nitriles is 1. The summed E-state index contributed by atoms with van der Waals surface area (Å²) in [5.74, 6) is 0.818. The zero-order valence-corrected chi connectivity index (χ0v) is 15.3. The first-order chi connectivity index (χ1) is 13.2. The molecule has 1 aromatic heterocycles. The van der Waals surface area contributed by atoms with Gasteiger partial charge in [0.2, 0.25) is 0 Å². The molecule has 0 aliphatic carbocycles. The first kappa shape index (κ1) is 17.1. The number of fused-ring (bicyclic) bond motifs is 1. The van der Waals surface area contributed by atoms with E-state index in [1.807, 2.05) is 61.6 Å². The van der Waals surface area contributed by atoms with Crippen LogP contribution in [0.5, 0.6) is 0 Å². The lowest BCUT2D eigenvalue weighted by atomic mass is 9.77. The number of rotatable bonds is 5. The van der Waals surface area contributed by atoms with Crippen molar-refractivity contribution >= 4 is 11.0 Å². The Morgan fingerprint density at radius 3 is 1.85 bits per heavy atom. The van der Waals surface area contributed by atoms with Crippen molar-refractivity contribution in [3.63, 3.8) is 0 Å². The molecule has 3 nitrogen and oxygen atoms in total. The van der Waals surface area contributed by atoms with Crippen LogP contribution in [-0.2, 0) is 25.3 Å². The molecule has 0 aliphatic heterocycles. The Hall–Kier alpha value is -3.38. The van der Waals surface area contributed by atoms with Gasteiger partial charge in [0.1, 0.15) is 11.2 Å². The van der Waals surface area contributed by atoms with E-state index >= 15 is 0 Å². The molecule has 0 aliphatic rings. The van der Waals surface area contributed by atoms with Gasteiger partial charge in [0.05, 0.1) is 17.1 Å². The quantitative estimate of drug-likeness (QED) is 0.517. The SMILES string of the molecule is Cn1c(C(C#N)(Cc2ccccc2)Cc2ccccc2)nc2ccccc21. The summed E-state index contributed by atoms with van der Waals surface area (Å²) in [6, 6.07) is 31.1. The van der Waals surface area contributed by atoms with Crippen molar-refractivity contribution in [3.05, 3.63) is 102 Å². The number of para-hydroxylation sites is 2. The molecule has 0 saturated carbocycles. The van der Waals surface area contributed by atoms with E-state index in [1.54, 1.807) is 0 Å². The Morgan fingerprint density at radius 1 is 0.815 bits per heavy atom. The van der Waals surface area contributed by atoms with E-state index in [9.17, 15) is 5.26 Å². The monoisotopic (exact) mass is 351 g/mol. The molecule has 0 radical (unpaired) electrons. The Bertz CT molecular complexity index is 1050. The molecule has 0 atom stereocenters. The van der Waals surface area contributed by atoms with Crippen LogP contribution in [0.25, 0.3) is 11.0 Å². The van der Waals surface area contributed by atoms with Crippen LogP contribution in [0, 0.1) is 11.3 Å². The Labute approximate surface area is 159 Å². The topological polar surface area (TPSA) is 41.6 Å². The summed E-state index contributed by atoms with van der Waals surface area (Å²) in [6.45, 7) is 0. The van der Waals surface area contributed by atoms with Gasteiger partial charge in [-0.1, -0.05) is 72.8 Å². The van der Waals surface area contributed by atoms with E-state index in [0.29, 0.717) is 12.8 Å². The van der Waals surface area contributed by atoms with Crippen LogP contribution >= 0.6 is 0 Å². The summed E-state index contributed by atoms with van der Waals surface area (Å²) < 4.78 is 2.07. The number of imidazole rings is 1. The van der Waals surface area contributed by atoms with Crippen LogP contribution in [0.2, 0.25) is 0 Å². The third-order valence-electron chi connectivity index (χ3n) is 5.13. The van der Waals surface area contributed by atoms with Gasteiger partial charge in [0.15, 0.2) is 0 Å². The number of hydrogen-bond acceptors (Lipinski definition) is 2. The summed E-state index contributed by atoms with van der Waals surface area (Å²) in [5, 5.41) is 10.4. The summed E-state index contributed by atoms with van der Waals surface area (Å²) in [7, 11) is 2.01. The van der Waals surface area contributed by atoms with Crippen LogP contribution in [0.4, 0.5) is 0 Å². The fourth-order valence-corrected chi connectivity index (χ4v) is 3.81. The maximum Gasteiger partial charge on any atom is 0.130 e. The third kappa shape index (κ3) is 3.22. The minimum atomic E-state index is -0.740. The minimum Gasteiger partial charge on any atom is -0.330 e. The summed E-state index contributed by atoms with van der Waals surface area (Å²) in [6.07, 6.45) is 1.24. The average Bonchev–Trinajstić information content (AvgIpc) is 3.06. The van der Waals surface area contributed by atoms with Gasteiger partial charge in [-0.25, -0.2) is 4.98 Å². The molecular weight excluding hydrogens is 330 g/mol. The van der Waals surface area contributed by atoms with Crippen molar-refractivity contribution in [2.24, 2.45) is 7.05 Å². The smallest absolute Gasteiger partial charge is 0.130 e. The van der Waals surface area contributed by atoms with E-state index in [0.717, 1.165) is 28.0 Å². The van der Waals surface area contributed by atoms with E-state index in [2.05, 4.69) is 41.0 Å².